The molecular weight excluding hydrogens is 138 g/mol. The minimum Gasteiger partial charge on any atom is -0.387 e. The van der Waals surface area contributed by atoms with Crippen LogP contribution in [-0.4, -0.2) is 26.9 Å². The van der Waals surface area contributed by atoms with Crippen molar-refractivity contribution in [1.29, 1.82) is 0 Å². The predicted octanol–water partition coefficient (Wildman–Crippen LogP) is -1.67. The second-order valence-electron chi connectivity index (χ2n) is 1.30. The molecule has 0 unspecified atom stereocenters. The molecule has 0 saturated heterocycles. The van der Waals surface area contributed by atoms with Gasteiger partial charge in [0.05, 0.1) is 0 Å². The standard InChI is InChI=1S/C3H3N5O2/c4-10-3-2(1-9)5-7-8-6-3/h1H,4H2. The molecule has 0 amide bonds. The fourth-order valence-corrected chi connectivity index (χ4v) is 0.381. The molecule has 0 spiro atoms. The summed E-state index contributed by atoms with van der Waals surface area (Å²) in [5.74, 6) is 4.56. The van der Waals surface area contributed by atoms with Gasteiger partial charge < -0.3 is 4.84 Å². The molecule has 0 aliphatic heterocycles. The van der Waals surface area contributed by atoms with Crippen LogP contribution in [0.1, 0.15) is 10.5 Å². The number of carbonyl (C=O) groups excluding carboxylic acids is 1. The quantitative estimate of drug-likeness (QED) is 0.388. The first-order chi connectivity index (χ1) is 4.88. The summed E-state index contributed by atoms with van der Waals surface area (Å²) in [4.78, 5) is 14.2. The Morgan fingerprint density at radius 1 is 1.40 bits per heavy atom. The Morgan fingerprint density at radius 2 is 2.10 bits per heavy atom. The highest BCUT2D eigenvalue weighted by Crippen LogP contribution is 2.02. The first-order valence-electron chi connectivity index (χ1n) is 2.26. The molecule has 10 heavy (non-hydrogen) atoms. The second kappa shape index (κ2) is 2.78. The van der Waals surface area contributed by atoms with Crippen molar-refractivity contribution in [1.82, 2.24) is 20.6 Å². The Bertz CT molecular complexity index is 238. The van der Waals surface area contributed by atoms with E-state index in [9.17, 15) is 4.79 Å². The van der Waals surface area contributed by atoms with Crippen molar-refractivity contribution in [2.45, 2.75) is 0 Å². The van der Waals surface area contributed by atoms with Crippen LogP contribution in [0.4, 0.5) is 0 Å². The summed E-state index contributed by atoms with van der Waals surface area (Å²) in [6.45, 7) is 0. The van der Waals surface area contributed by atoms with E-state index in [1.54, 1.807) is 0 Å². The maximum Gasteiger partial charge on any atom is 0.289 e. The van der Waals surface area contributed by atoms with Gasteiger partial charge in [0, 0.05) is 0 Å². The van der Waals surface area contributed by atoms with Gasteiger partial charge in [-0.05, 0) is 10.4 Å². The number of hydrogen-bond donors (Lipinski definition) is 1. The molecule has 1 aromatic rings. The largest absolute Gasteiger partial charge is 0.387 e. The number of carbonyl (C=O) groups is 1. The molecule has 1 rings (SSSR count). The van der Waals surface area contributed by atoms with Crippen molar-refractivity contribution < 1.29 is 9.63 Å². The number of nitrogens with two attached hydrogens (primary N) is 1. The van der Waals surface area contributed by atoms with E-state index in [4.69, 9.17) is 5.90 Å². The zero-order valence-corrected chi connectivity index (χ0v) is 4.76. The lowest BCUT2D eigenvalue weighted by molar-refractivity contribution is 0.111. The molecule has 0 aliphatic carbocycles. The molecule has 2 N–H and O–H groups in total. The monoisotopic (exact) mass is 141 g/mol. The summed E-state index contributed by atoms with van der Waals surface area (Å²) in [7, 11) is 0. The van der Waals surface area contributed by atoms with E-state index in [-0.39, 0.29) is 11.6 Å². The molecule has 0 radical (unpaired) electrons. The van der Waals surface area contributed by atoms with Gasteiger partial charge in [-0.25, -0.2) is 0 Å². The van der Waals surface area contributed by atoms with Crippen LogP contribution in [0.2, 0.25) is 0 Å². The molecule has 7 nitrogen and oxygen atoms in total. The number of aldehydes is 1. The van der Waals surface area contributed by atoms with Crippen molar-refractivity contribution in [2.24, 2.45) is 5.90 Å². The summed E-state index contributed by atoms with van der Waals surface area (Å²) in [6.07, 6.45) is 0.421. The van der Waals surface area contributed by atoms with Crippen LogP contribution in [0.25, 0.3) is 0 Å². The molecule has 1 aromatic heterocycles. The second-order valence-corrected chi connectivity index (χ2v) is 1.30. The van der Waals surface area contributed by atoms with Crippen molar-refractivity contribution in [3.8, 4) is 5.88 Å². The van der Waals surface area contributed by atoms with Crippen molar-refractivity contribution in [2.75, 3.05) is 0 Å². The van der Waals surface area contributed by atoms with E-state index in [1.165, 1.54) is 0 Å². The third-order valence-electron chi connectivity index (χ3n) is 0.770. The molecule has 0 fully saturated rings. The third kappa shape index (κ3) is 1.03. The smallest absolute Gasteiger partial charge is 0.289 e. The zero-order chi connectivity index (χ0) is 7.40. The molecular formula is C3H3N5O2. The highest BCUT2D eigenvalue weighted by atomic mass is 16.6. The van der Waals surface area contributed by atoms with Crippen molar-refractivity contribution in [3.63, 3.8) is 0 Å². The summed E-state index contributed by atoms with van der Waals surface area (Å²) in [5.41, 5.74) is -0.0718. The fourth-order valence-electron chi connectivity index (χ4n) is 0.381. The maximum absolute atomic E-state index is 10.1. The lowest BCUT2D eigenvalue weighted by Gasteiger charge is -1.93. The highest BCUT2D eigenvalue weighted by molar-refractivity contribution is 5.74. The molecule has 52 valence electrons. The Morgan fingerprint density at radius 3 is 2.60 bits per heavy atom. The van der Waals surface area contributed by atoms with Gasteiger partial charge >= 0.3 is 0 Å². The van der Waals surface area contributed by atoms with Gasteiger partial charge in [0.2, 0.25) is 0 Å². The van der Waals surface area contributed by atoms with Gasteiger partial charge in [0.15, 0.2) is 12.0 Å². The van der Waals surface area contributed by atoms with E-state index in [1.807, 2.05) is 0 Å². The van der Waals surface area contributed by atoms with Crippen LogP contribution in [0.3, 0.4) is 0 Å². The highest BCUT2D eigenvalue weighted by Gasteiger charge is 2.04. The van der Waals surface area contributed by atoms with Crippen molar-refractivity contribution >= 4 is 6.29 Å². The summed E-state index contributed by atoms with van der Waals surface area (Å²) in [6, 6.07) is 0. The molecule has 0 aromatic carbocycles. The van der Waals surface area contributed by atoms with Crippen molar-refractivity contribution in [3.05, 3.63) is 5.69 Å². The van der Waals surface area contributed by atoms with E-state index in [2.05, 4.69) is 25.5 Å². The number of rotatable bonds is 2. The first-order valence-corrected chi connectivity index (χ1v) is 2.26. The molecule has 7 heteroatoms. The fraction of sp³-hybridized carbons (Fsp3) is 0. The Kier molecular flexibility index (Phi) is 1.80. The van der Waals surface area contributed by atoms with Gasteiger partial charge in [-0.15, -0.1) is 5.10 Å². The molecule has 0 bridgehead atoms. The Hall–Kier alpha value is -1.63. The van der Waals surface area contributed by atoms with Crippen LogP contribution in [-0.2, 0) is 0 Å². The van der Waals surface area contributed by atoms with Gasteiger partial charge in [-0.3, -0.25) is 4.79 Å². The van der Waals surface area contributed by atoms with Gasteiger partial charge in [-0.2, -0.15) is 5.90 Å². The summed E-state index contributed by atoms with van der Waals surface area (Å²) < 4.78 is 0. The van der Waals surface area contributed by atoms with E-state index < -0.39 is 0 Å². The van der Waals surface area contributed by atoms with Crippen LogP contribution in [0.15, 0.2) is 0 Å². The van der Waals surface area contributed by atoms with Gasteiger partial charge in [-0.1, -0.05) is 5.10 Å². The van der Waals surface area contributed by atoms with Crippen LogP contribution < -0.4 is 10.7 Å². The molecule has 0 saturated carbocycles. The van der Waals surface area contributed by atoms with Crippen LogP contribution in [0.5, 0.6) is 5.88 Å². The molecule has 0 atom stereocenters. The first kappa shape index (κ1) is 6.49. The van der Waals surface area contributed by atoms with E-state index in [0.717, 1.165) is 0 Å². The lowest BCUT2D eigenvalue weighted by Crippen LogP contribution is -2.09. The Balaban J connectivity index is 3.08. The summed E-state index contributed by atoms with van der Waals surface area (Å²) >= 11 is 0. The van der Waals surface area contributed by atoms with E-state index in [0.29, 0.717) is 6.29 Å². The van der Waals surface area contributed by atoms with Crippen LogP contribution >= 0.6 is 0 Å². The third-order valence-corrected chi connectivity index (χ3v) is 0.770. The number of hydrogen-bond acceptors (Lipinski definition) is 7. The molecule has 1 heterocycles. The number of aromatic nitrogens is 4. The average Bonchev–Trinajstić information content (AvgIpc) is 2.04. The normalized spacial score (nSPS) is 8.90. The molecule has 0 aliphatic rings. The predicted molar refractivity (Wildman–Crippen MR) is 27.8 cm³/mol. The van der Waals surface area contributed by atoms with Crippen LogP contribution in [0, 0.1) is 0 Å². The Labute approximate surface area is 55.1 Å². The summed E-state index contributed by atoms with van der Waals surface area (Å²) in [5, 5.41) is 12.7. The van der Waals surface area contributed by atoms with Gasteiger partial charge in [0.1, 0.15) is 0 Å². The zero-order valence-electron chi connectivity index (χ0n) is 4.76. The van der Waals surface area contributed by atoms with E-state index >= 15 is 0 Å². The maximum atomic E-state index is 10.1. The topological polar surface area (TPSA) is 104 Å². The average molecular weight is 141 g/mol. The lowest BCUT2D eigenvalue weighted by atomic mass is 10.5. The SMILES string of the molecule is NOc1nnnnc1C=O. The minimum atomic E-state index is -0.134. The van der Waals surface area contributed by atoms with Gasteiger partial charge in [0.25, 0.3) is 5.88 Å². The minimum absolute atomic E-state index is 0.0718. The number of nitrogens with zero attached hydrogens (tertiary/aromatic N) is 4.